The molecular formula is C14H22N2O2. The second kappa shape index (κ2) is 6.40. The summed E-state index contributed by atoms with van der Waals surface area (Å²) in [7, 11) is 0. The molecule has 4 heteroatoms. The number of aliphatic hydroxyl groups excluding tert-OH is 1. The highest BCUT2D eigenvalue weighted by Gasteiger charge is 2.13. The maximum absolute atomic E-state index is 11.7. The molecule has 2 atom stereocenters. The van der Waals surface area contributed by atoms with Gasteiger partial charge in [0.15, 0.2) is 0 Å². The smallest absolute Gasteiger partial charge is 0.315 e. The van der Waals surface area contributed by atoms with E-state index in [9.17, 15) is 4.79 Å². The molecule has 0 bridgehead atoms. The summed E-state index contributed by atoms with van der Waals surface area (Å²) < 4.78 is 0. The first-order chi connectivity index (χ1) is 8.45. The van der Waals surface area contributed by atoms with E-state index in [0.717, 1.165) is 5.56 Å². The molecule has 1 rings (SSSR count). The molecule has 2 amide bonds. The number of amides is 2. The number of hydrogen-bond donors (Lipinski definition) is 3. The predicted octanol–water partition coefficient (Wildman–Crippen LogP) is 2.04. The van der Waals surface area contributed by atoms with Gasteiger partial charge in [-0.25, -0.2) is 4.79 Å². The van der Waals surface area contributed by atoms with Gasteiger partial charge in [0, 0.05) is 0 Å². The van der Waals surface area contributed by atoms with Crippen LogP contribution in [0.25, 0.3) is 0 Å². The second-order valence-corrected chi connectivity index (χ2v) is 4.71. The SMILES string of the molecule is Cc1cccc(C(C)NC(=O)NC(C)CO)c1C. The molecule has 2 unspecified atom stereocenters. The minimum atomic E-state index is -0.259. The number of rotatable bonds is 4. The third-order valence-corrected chi connectivity index (χ3v) is 3.11. The highest BCUT2D eigenvalue weighted by molar-refractivity contribution is 5.74. The topological polar surface area (TPSA) is 61.4 Å². The summed E-state index contributed by atoms with van der Waals surface area (Å²) in [6, 6.07) is 5.50. The van der Waals surface area contributed by atoms with Crippen molar-refractivity contribution in [3.63, 3.8) is 0 Å². The summed E-state index contributed by atoms with van der Waals surface area (Å²) in [5, 5.41) is 14.4. The van der Waals surface area contributed by atoms with Crippen LogP contribution in [0.5, 0.6) is 0 Å². The predicted molar refractivity (Wildman–Crippen MR) is 72.5 cm³/mol. The van der Waals surface area contributed by atoms with E-state index >= 15 is 0 Å². The van der Waals surface area contributed by atoms with Gasteiger partial charge in [0.25, 0.3) is 0 Å². The molecule has 100 valence electrons. The summed E-state index contributed by atoms with van der Waals surface area (Å²) >= 11 is 0. The molecule has 0 spiro atoms. The number of carbonyl (C=O) groups is 1. The first-order valence-corrected chi connectivity index (χ1v) is 6.19. The van der Waals surface area contributed by atoms with Crippen molar-refractivity contribution < 1.29 is 9.90 Å². The Labute approximate surface area is 108 Å². The lowest BCUT2D eigenvalue weighted by atomic mass is 9.98. The van der Waals surface area contributed by atoms with Crippen LogP contribution < -0.4 is 10.6 Å². The molecule has 0 saturated heterocycles. The van der Waals surface area contributed by atoms with Crippen LogP contribution >= 0.6 is 0 Å². The Balaban J connectivity index is 2.68. The average Bonchev–Trinajstić information content (AvgIpc) is 2.32. The van der Waals surface area contributed by atoms with Crippen LogP contribution in [0.15, 0.2) is 18.2 Å². The van der Waals surface area contributed by atoms with Gasteiger partial charge in [-0.1, -0.05) is 18.2 Å². The third-order valence-electron chi connectivity index (χ3n) is 3.11. The first-order valence-electron chi connectivity index (χ1n) is 6.19. The van der Waals surface area contributed by atoms with Crippen LogP contribution in [0.2, 0.25) is 0 Å². The number of hydrogen-bond acceptors (Lipinski definition) is 2. The van der Waals surface area contributed by atoms with Crippen molar-refractivity contribution in [2.24, 2.45) is 0 Å². The normalized spacial score (nSPS) is 13.8. The Kier molecular flexibility index (Phi) is 5.16. The van der Waals surface area contributed by atoms with Crippen molar-refractivity contribution in [2.75, 3.05) is 6.61 Å². The standard InChI is InChI=1S/C14H22N2O2/c1-9-6-5-7-13(11(9)3)12(4)16-14(18)15-10(2)8-17/h5-7,10,12,17H,8H2,1-4H3,(H2,15,16,18). The van der Waals surface area contributed by atoms with Crippen LogP contribution in [0.4, 0.5) is 4.79 Å². The minimum Gasteiger partial charge on any atom is -0.394 e. The Morgan fingerprint density at radius 1 is 1.28 bits per heavy atom. The molecule has 1 aromatic carbocycles. The Morgan fingerprint density at radius 3 is 2.56 bits per heavy atom. The maximum atomic E-state index is 11.7. The van der Waals surface area contributed by atoms with Crippen LogP contribution in [0, 0.1) is 13.8 Å². The van der Waals surface area contributed by atoms with Gasteiger partial charge < -0.3 is 15.7 Å². The molecule has 0 fully saturated rings. The van der Waals surface area contributed by atoms with Crippen molar-refractivity contribution in [2.45, 2.75) is 39.8 Å². The molecule has 0 radical (unpaired) electrons. The number of nitrogens with one attached hydrogen (secondary N) is 2. The number of aliphatic hydroxyl groups is 1. The molecule has 0 saturated carbocycles. The fourth-order valence-electron chi connectivity index (χ4n) is 1.83. The highest BCUT2D eigenvalue weighted by atomic mass is 16.3. The monoisotopic (exact) mass is 250 g/mol. The van der Waals surface area contributed by atoms with Crippen LogP contribution in [0.1, 0.15) is 36.6 Å². The zero-order valence-corrected chi connectivity index (χ0v) is 11.4. The van der Waals surface area contributed by atoms with Gasteiger partial charge in [-0.15, -0.1) is 0 Å². The zero-order chi connectivity index (χ0) is 13.7. The van der Waals surface area contributed by atoms with Crippen molar-refractivity contribution >= 4 is 6.03 Å². The third kappa shape index (κ3) is 3.74. The average molecular weight is 250 g/mol. The summed E-state index contributed by atoms with van der Waals surface area (Å²) in [5.74, 6) is 0. The van der Waals surface area contributed by atoms with Gasteiger partial charge in [0.1, 0.15) is 0 Å². The molecule has 0 aliphatic carbocycles. The minimum absolute atomic E-state index is 0.0595. The fraction of sp³-hybridized carbons (Fsp3) is 0.500. The number of carbonyl (C=O) groups excluding carboxylic acids is 1. The number of urea groups is 1. The van der Waals surface area contributed by atoms with Crippen molar-refractivity contribution in [1.29, 1.82) is 0 Å². The number of benzene rings is 1. The molecule has 0 heterocycles. The molecule has 4 nitrogen and oxygen atoms in total. The Bertz CT molecular complexity index is 418. The van der Waals surface area contributed by atoms with Gasteiger partial charge >= 0.3 is 6.03 Å². The molecule has 0 aliphatic heterocycles. The molecular weight excluding hydrogens is 228 g/mol. The molecule has 0 aliphatic rings. The number of aryl methyl sites for hydroxylation is 1. The van der Waals surface area contributed by atoms with E-state index in [2.05, 4.69) is 30.5 Å². The lowest BCUT2D eigenvalue weighted by molar-refractivity contribution is 0.218. The van der Waals surface area contributed by atoms with E-state index in [-0.39, 0.29) is 24.7 Å². The van der Waals surface area contributed by atoms with E-state index < -0.39 is 0 Å². The summed E-state index contributed by atoms with van der Waals surface area (Å²) in [4.78, 5) is 11.7. The lowest BCUT2D eigenvalue weighted by Gasteiger charge is -2.19. The van der Waals surface area contributed by atoms with Gasteiger partial charge in [-0.3, -0.25) is 0 Å². The van der Waals surface area contributed by atoms with Crippen molar-refractivity contribution in [3.05, 3.63) is 34.9 Å². The van der Waals surface area contributed by atoms with E-state index in [1.165, 1.54) is 11.1 Å². The van der Waals surface area contributed by atoms with Crippen LogP contribution in [0.3, 0.4) is 0 Å². The van der Waals surface area contributed by atoms with Crippen molar-refractivity contribution in [3.8, 4) is 0 Å². The highest BCUT2D eigenvalue weighted by Crippen LogP contribution is 2.19. The molecule has 1 aromatic rings. The largest absolute Gasteiger partial charge is 0.394 e. The second-order valence-electron chi connectivity index (χ2n) is 4.71. The lowest BCUT2D eigenvalue weighted by Crippen LogP contribution is -2.43. The van der Waals surface area contributed by atoms with Crippen LogP contribution in [-0.4, -0.2) is 23.8 Å². The van der Waals surface area contributed by atoms with Gasteiger partial charge in [-0.2, -0.15) is 0 Å². The van der Waals surface area contributed by atoms with Gasteiger partial charge in [0.05, 0.1) is 18.7 Å². The summed E-state index contributed by atoms with van der Waals surface area (Å²) in [5.41, 5.74) is 3.52. The zero-order valence-electron chi connectivity index (χ0n) is 11.4. The summed E-state index contributed by atoms with van der Waals surface area (Å²) in [6.45, 7) is 7.75. The van der Waals surface area contributed by atoms with Crippen molar-refractivity contribution in [1.82, 2.24) is 10.6 Å². The van der Waals surface area contributed by atoms with E-state index in [0.29, 0.717) is 0 Å². The molecule has 3 N–H and O–H groups in total. The Morgan fingerprint density at radius 2 is 1.94 bits per heavy atom. The van der Waals surface area contributed by atoms with E-state index in [4.69, 9.17) is 5.11 Å². The quantitative estimate of drug-likeness (QED) is 0.766. The summed E-state index contributed by atoms with van der Waals surface area (Å²) in [6.07, 6.45) is 0. The molecule has 18 heavy (non-hydrogen) atoms. The van der Waals surface area contributed by atoms with Crippen LogP contribution in [-0.2, 0) is 0 Å². The van der Waals surface area contributed by atoms with Gasteiger partial charge in [-0.05, 0) is 44.4 Å². The van der Waals surface area contributed by atoms with E-state index in [1.54, 1.807) is 6.92 Å². The van der Waals surface area contributed by atoms with E-state index in [1.807, 2.05) is 19.1 Å². The first kappa shape index (κ1) is 14.5. The molecule has 0 aromatic heterocycles. The van der Waals surface area contributed by atoms with Gasteiger partial charge in [0.2, 0.25) is 0 Å². The maximum Gasteiger partial charge on any atom is 0.315 e. The Hall–Kier alpha value is -1.55. The fourth-order valence-corrected chi connectivity index (χ4v) is 1.83.